The molecule has 0 aromatic heterocycles. The Morgan fingerprint density at radius 3 is 2.18 bits per heavy atom. The zero-order chi connectivity index (χ0) is 32.2. The zero-order valence-electron chi connectivity index (χ0n) is 27.3. The van der Waals surface area contributed by atoms with E-state index in [4.69, 9.17) is 4.74 Å². The van der Waals surface area contributed by atoms with Gasteiger partial charge in [0.05, 0.1) is 0 Å². The Hall–Kier alpha value is -1.61. The highest BCUT2D eigenvalue weighted by atomic mass is 16.6. The Bertz CT molecular complexity index is 1360. The number of fused-ring (bicyclic) bond motifs is 8. The standard InChI is InChI=1S/C36H52O8/c1-18(2)19-10-15-34(27(40)28-35(43)25(38)26(39)36(35,44-28)29(41)42)17-16-32(6)20(24(19)34)8-9-22-31(5)13-12-23(37)30(3,4)21(31)11-14-33(22,32)7/h19-22,24-26,28,38-39,43H,1,8-17H2,2-7H3,(H,41,42)/t19-,20?,21?,22?,24?,25?,26-,28-,31-,32+,33+,34-,35?,36?/m0/s1. The highest BCUT2D eigenvalue weighted by Crippen LogP contribution is 2.78. The van der Waals surface area contributed by atoms with Crippen LogP contribution in [0.1, 0.15) is 106 Å². The first-order chi connectivity index (χ1) is 20.3. The maximum absolute atomic E-state index is 14.7. The third-order valence-corrected chi connectivity index (χ3v) is 16.3. The van der Waals surface area contributed by atoms with Gasteiger partial charge in [-0.3, -0.25) is 9.59 Å². The fourth-order valence-electron chi connectivity index (χ4n) is 13.8. The van der Waals surface area contributed by atoms with Crippen molar-refractivity contribution in [3.05, 3.63) is 12.2 Å². The number of hydrogen-bond acceptors (Lipinski definition) is 7. The van der Waals surface area contributed by atoms with Crippen LogP contribution in [0.3, 0.4) is 0 Å². The second-order valence-electron chi connectivity index (χ2n) is 17.6. The molecule has 7 rings (SSSR count). The molecule has 0 bridgehead atoms. The second-order valence-corrected chi connectivity index (χ2v) is 17.6. The van der Waals surface area contributed by atoms with Gasteiger partial charge in [-0.25, -0.2) is 4.79 Å². The maximum atomic E-state index is 14.7. The number of carbonyl (C=O) groups is 3. The van der Waals surface area contributed by atoms with E-state index in [2.05, 4.69) is 41.2 Å². The summed E-state index contributed by atoms with van der Waals surface area (Å²) in [5.41, 5.74) is -4.73. The van der Waals surface area contributed by atoms with Crippen molar-refractivity contribution in [1.82, 2.24) is 0 Å². The molecule has 244 valence electrons. The number of aliphatic hydroxyl groups excluding tert-OH is 2. The SMILES string of the molecule is C=C(C)[C@@H]1CC[C@]2(C(=O)[C@@H]3OC4(C(=O)O)[C@@H](O)C(O)C34O)CC[C@]3(C)C(CCC4[C@@]5(C)CCC(=O)C(C)(C)C5CC[C@]43C)C12. The zero-order valence-corrected chi connectivity index (χ0v) is 27.3. The van der Waals surface area contributed by atoms with Crippen LogP contribution in [0.5, 0.6) is 0 Å². The summed E-state index contributed by atoms with van der Waals surface area (Å²) in [7, 11) is 0. The number of rotatable bonds is 4. The lowest BCUT2D eigenvalue weighted by molar-refractivity contribution is -0.448. The van der Waals surface area contributed by atoms with Crippen LogP contribution in [0.2, 0.25) is 0 Å². The van der Waals surface area contributed by atoms with Gasteiger partial charge in [0, 0.05) is 17.3 Å². The molecule has 14 atom stereocenters. The molecule has 1 saturated heterocycles. The predicted octanol–water partition coefficient (Wildman–Crippen LogP) is 4.47. The van der Waals surface area contributed by atoms with Gasteiger partial charge in [-0.2, -0.15) is 0 Å². The summed E-state index contributed by atoms with van der Waals surface area (Å²) in [6.45, 7) is 18.2. The van der Waals surface area contributed by atoms with E-state index in [1.165, 1.54) is 0 Å². The monoisotopic (exact) mass is 612 g/mol. The van der Waals surface area contributed by atoms with Crippen molar-refractivity contribution in [2.75, 3.05) is 0 Å². The summed E-state index contributed by atoms with van der Waals surface area (Å²) in [5, 5.41) is 42.3. The van der Waals surface area contributed by atoms with Gasteiger partial charge in [-0.1, -0.05) is 46.8 Å². The fourth-order valence-corrected chi connectivity index (χ4v) is 13.8. The van der Waals surface area contributed by atoms with Gasteiger partial charge in [0.1, 0.15) is 18.0 Å². The van der Waals surface area contributed by atoms with Crippen LogP contribution in [0.15, 0.2) is 12.2 Å². The number of allylic oxidation sites excluding steroid dienone is 1. The normalized spacial score (nSPS) is 56.9. The Morgan fingerprint density at radius 2 is 1.55 bits per heavy atom. The number of hydrogen-bond donors (Lipinski definition) is 4. The van der Waals surface area contributed by atoms with Gasteiger partial charge < -0.3 is 25.2 Å². The van der Waals surface area contributed by atoms with E-state index in [0.29, 0.717) is 36.9 Å². The Morgan fingerprint density at radius 1 is 0.864 bits per heavy atom. The lowest BCUT2D eigenvalue weighted by Crippen LogP contribution is -2.98. The van der Waals surface area contributed by atoms with E-state index in [1.54, 1.807) is 0 Å². The number of Topliss-reactive ketones (excluding diaryl/α,β-unsaturated/α-hetero) is 2. The van der Waals surface area contributed by atoms with Crippen molar-refractivity contribution >= 4 is 17.5 Å². The minimum Gasteiger partial charge on any atom is -0.479 e. The van der Waals surface area contributed by atoms with E-state index in [1.807, 2.05) is 6.92 Å². The first kappa shape index (κ1) is 31.0. The van der Waals surface area contributed by atoms with Gasteiger partial charge >= 0.3 is 5.97 Å². The molecule has 8 heteroatoms. The molecule has 4 N–H and O–H groups in total. The number of ketones is 2. The molecular weight excluding hydrogens is 560 g/mol. The molecule has 7 unspecified atom stereocenters. The van der Waals surface area contributed by atoms with Crippen LogP contribution in [0, 0.1) is 56.7 Å². The number of carboxylic acids is 1. The highest BCUT2D eigenvalue weighted by Gasteiger charge is 2.90. The third kappa shape index (κ3) is 3.05. The van der Waals surface area contributed by atoms with Crippen molar-refractivity contribution in [3.63, 3.8) is 0 Å². The summed E-state index contributed by atoms with van der Waals surface area (Å²) >= 11 is 0. The van der Waals surface area contributed by atoms with E-state index >= 15 is 0 Å². The molecule has 7 aliphatic rings. The highest BCUT2D eigenvalue weighted by molar-refractivity contribution is 5.97. The second kappa shape index (κ2) is 8.84. The number of carbonyl (C=O) groups excluding carboxylic acids is 2. The number of aliphatic hydroxyl groups is 3. The summed E-state index contributed by atoms with van der Waals surface area (Å²) in [6, 6.07) is 0. The smallest absolute Gasteiger partial charge is 0.342 e. The molecular formula is C36H52O8. The van der Waals surface area contributed by atoms with Crippen molar-refractivity contribution in [3.8, 4) is 0 Å². The summed E-state index contributed by atoms with van der Waals surface area (Å²) in [4.78, 5) is 39.9. The number of ether oxygens (including phenoxy) is 1. The predicted molar refractivity (Wildman–Crippen MR) is 161 cm³/mol. The molecule has 6 aliphatic carbocycles. The molecule has 0 aromatic carbocycles. The first-order valence-corrected chi connectivity index (χ1v) is 17.0. The molecule has 7 fully saturated rings. The Balaban J connectivity index is 1.26. The van der Waals surface area contributed by atoms with Gasteiger partial charge in [0.25, 0.3) is 0 Å². The van der Waals surface area contributed by atoms with Crippen LogP contribution in [-0.2, 0) is 19.1 Å². The quantitative estimate of drug-likeness (QED) is 0.341. The molecule has 0 aromatic rings. The minimum absolute atomic E-state index is 0.0203. The fraction of sp³-hybridized carbons (Fsp3) is 0.861. The maximum Gasteiger partial charge on any atom is 0.342 e. The summed E-state index contributed by atoms with van der Waals surface area (Å²) in [5.74, 6) is -0.297. The molecule has 0 radical (unpaired) electrons. The van der Waals surface area contributed by atoms with E-state index in [-0.39, 0.29) is 45.2 Å². The number of aliphatic carboxylic acids is 1. The van der Waals surface area contributed by atoms with Crippen LogP contribution < -0.4 is 0 Å². The Labute approximate surface area is 261 Å². The molecule has 0 spiro atoms. The van der Waals surface area contributed by atoms with E-state index in [0.717, 1.165) is 50.5 Å². The summed E-state index contributed by atoms with van der Waals surface area (Å²) in [6.07, 6.45) is 3.54. The largest absolute Gasteiger partial charge is 0.479 e. The number of carboxylic acid groups (broad SMARTS) is 1. The minimum atomic E-state index is -2.37. The van der Waals surface area contributed by atoms with Crippen molar-refractivity contribution in [2.45, 2.75) is 135 Å². The van der Waals surface area contributed by atoms with Gasteiger partial charge in [0.15, 0.2) is 17.5 Å². The van der Waals surface area contributed by atoms with Crippen molar-refractivity contribution < 1.29 is 39.5 Å². The van der Waals surface area contributed by atoms with Crippen LogP contribution in [0.25, 0.3) is 0 Å². The third-order valence-electron chi connectivity index (χ3n) is 16.3. The van der Waals surface area contributed by atoms with Crippen molar-refractivity contribution in [2.24, 2.45) is 56.7 Å². The lowest BCUT2D eigenvalue weighted by atomic mass is 9.32. The average molecular weight is 613 g/mol. The lowest BCUT2D eigenvalue weighted by Gasteiger charge is -2.73. The molecule has 0 amide bonds. The average Bonchev–Trinajstić information content (AvgIpc) is 3.35. The van der Waals surface area contributed by atoms with Crippen LogP contribution in [0.4, 0.5) is 0 Å². The van der Waals surface area contributed by atoms with E-state index < -0.39 is 40.9 Å². The van der Waals surface area contributed by atoms with Gasteiger partial charge in [0.2, 0.25) is 5.60 Å². The van der Waals surface area contributed by atoms with Crippen LogP contribution >= 0.6 is 0 Å². The topological polar surface area (TPSA) is 141 Å². The van der Waals surface area contributed by atoms with Gasteiger partial charge in [-0.05, 0) is 111 Å². The summed E-state index contributed by atoms with van der Waals surface area (Å²) < 4.78 is 5.70. The molecule has 8 nitrogen and oxygen atoms in total. The molecule has 1 heterocycles. The van der Waals surface area contributed by atoms with Crippen molar-refractivity contribution in [1.29, 1.82) is 0 Å². The molecule has 6 saturated carbocycles. The van der Waals surface area contributed by atoms with Crippen LogP contribution in [-0.4, -0.2) is 67.5 Å². The Kier molecular flexibility index (Phi) is 6.23. The molecule has 44 heavy (non-hydrogen) atoms. The van der Waals surface area contributed by atoms with E-state index in [9.17, 15) is 34.8 Å². The van der Waals surface area contributed by atoms with Gasteiger partial charge in [-0.15, -0.1) is 0 Å². The molecule has 1 aliphatic heterocycles. The first-order valence-electron chi connectivity index (χ1n) is 17.0.